The molecule has 0 radical (unpaired) electrons. The summed E-state index contributed by atoms with van der Waals surface area (Å²) in [6.45, 7) is 1.67. The molecule has 0 amide bonds. The summed E-state index contributed by atoms with van der Waals surface area (Å²) >= 11 is 0. The van der Waals surface area contributed by atoms with Gasteiger partial charge < -0.3 is 10.6 Å². The molecule has 1 aliphatic heterocycles. The van der Waals surface area contributed by atoms with Crippen molar-refractivity contribution >= 4 is 5.69 Å². The first-order chi connectivity index (χ1) is 7.77. The number of rotatable bonds is 4. The molecule has 16 heavy (non-hydrogen) atoms. The summed E-state index contributed by atoms with van der Waals surface area (Å²) in [7, 11) is 0. The molecular formula is C12H16F2N2. The van der Waals surface area contributed by atoms with Crippen LogP contribution in [0.3, 0.4) is 0 Å². The van der Waals surface area contributed by atoms with Gasteiger partial charge in [0, 0.05) is 12.2 Å². The summed E-state index contributed by atoms with van der Waals surface area (Å²) < 4.78 is 24.3. The zero-order chi connectivity index (χ0) is 11.4. The normalized spacial score (nSPS) is 20.3. The minimum atomic E-state index is -2.31. The lowest BCUT2D eigenvalue weighted by atomic mass is 9.96. The van der Waals surface area contributed by atoms with Crippen LogP contribution in [0.15, 0.2) is 24.3 Å². The fourth-order valence-corrected chi connectivity index (χ4v) is 2.12. The lowest BCUT2D eigenvalue weighted by Gasteiger charge is -2.15. The highest BCUT2D eigenvalue weighted by atomic mass is 19.3. The monoisotopic (exact) mass is 226 g/mol. The van der Waals surface area contributed by atoms with Crippen LogP contribution in [0.2, 0.25) is 0 Å². The minimum absolute atomic E-state index is 0.281. The predicted molar refractivity (Wildman–Crippen MR) is 61.2 cm³/mol. The molecule has 2 nitrogen and oxygen atoms in total. The Morgan fingerprint density at radius 3 is 2.88 bits per heavy atom. The van der Waals surface area contributed by atoms with Crippen molar-refractivity contribution in [1.29, 1.82) is 0 Å². The number of hydrogen-bond acceptors (Lipinski definition) is 2. The molecule has 1 aromatic carbocycles. The van der Waals surface area contributed by atoms with Crippen LogP contribution in [0, 0.1) is 0 Å². The van der Waals surface area contributed by atoms with Gasteiger partial charge in [-0.2, -0.15) is 0 Å². The average molecular weight is 226 g/mol. The van der Waals surface area contributed by atoms with Gasteiger partial charge >= 0.3 is 0 Å². The van der Waals surface area contributed by atoms with Crippen LogP contribution in [-0.4, -0.2) is 26.1 Å². The van der Waals surface area contributed by atoms with Gasteiger partial charge in [-0.1, -0.05) is 18.2 Å². The maximum Gasteiger partial charge on any atom is 0.255 e. The maximum absolute atomic E-state index is 12.2. The number of halogens is 2. The van der Waals surface area contributed by atoms with Crippen LogP contribution >= 0.6 is 0 Å². The Morgan fingerprint density at radius 2 is 2.19 bits per heavy atom. The molecule has 4 heteroatoms. The van der Waals surface area contributed by atoms with E-state index in [1.807, 2.05) is 24.3 Å². The SMILES string of the molecule is FC(F)CNc1ccccc1C1CCNC1. The molecule has 1 fully saturated rings. The first kappa shape index (κ1) is 11.3. The first-order valence-electron chi connectivity index (χ1n) is 5.59. The van der Waals surface area contributed by atoms with Crippen molar-refractivity contribution in [3.8, 4) is 0 Å². The molecule has 1 heterocycles. The van der Waals surface area contributed by atoms with Gasteiger partial charge in [0.1, 0.15) is 0 Å². The van der Waals surface area contributed by atoms with Gasteiger partial charge in [-0.25, -0.2) is 8.78 Å². The molecule has 1 aliphatic rings. The highest BCUT2D eigenvalue weighted by molar-refractivity contribution is 5.53. The Kier molecular flexibility index (Phi) is 3.72. The number of alkyl halides is 2. The molecule has 0 bridgehead atoms. The molecule has 0 aliphatic carbocycles. The second-order valence-electron chi connectivity index (χ2n) is 4.05. The van der Waals surface area contributed by atoms with Crippen molar-refractivity contribution in [2.45, 2.75) is 18.8 Å². The smallest absolute Gasteiger partial charge is 0.255 e. The molecule has 0 aromatic heterocycles. The van der Waals surface area contributed by atoms with Crippen molar-refractivity contribution < 1.29 is 8.78 Å². The summed E-state index contributed by atoms with van der Waals surface area (Å²) in [6, 6.07) is 7.72. The van der Waals surface area contributed by atoms with E-state index < -0.39 is 6.43 Å². The van der Waals surface area contributed by atoms with Crippen LogP contribution in [0.5, 0.6) is 0 Å². The second-order valence-corrected chi connectivity index (χ2v) is 4.05. The zero-order valence-corrected chi connectivity index (χ0v) is 9.05. The molecular weight excluding hydrogens is 210 g/mol. The Bertz CT molecular complexity index is 336. The van der Waals surface area contributed by atoms with E-state index in [-0.39, 0.29) is 6.54 Å². The van der Waals surface area contributed by atoms with Gasteiger partial charge in [-0.3, -0.25) is 0 Å². The van der Waals surface area contributed by atoms with E-state index >= 15 is 0 Å². The van der Waals surface area contributed by atoms with Crippen molar-refractivity contribution in [1.82, 2.24) is 5.32 Å². The quantitative estimate of drug-likeness (QED) is 0.824. The van der Waals surface area contributed by atoms with Gasteiger partial charge in [-0.05, 0) is 30.5 Å². The van der Waals surface area contributed by atoms with Crippen molar-refractivity contribution in [2.24, 2.45) is 0 Å². The molecule has 1 atom stereocenters. The standard InChI is InChI=1S/C12H16F2N2/c13-12(14)8-16-11-4-2-1-3-10(11)9-5-6-15-7-9/h1-4,9,12,15-16H,5-8H2. The lowest BCUT2D eigenvalue weighted by Crippen LogP contribution is -2.14. The molecule has 88 valence electrons. The van der Waals surface area contributed by atoms with Gasteiger partial charge in [0.2, 0.25) is 0 Å². The molecule has 2 rings (SSSR count). The minimum Gasteiger partial charge on any atom is -0.379 e. The summed E-state index contributed by atoms with van der Waals surface area (Å²) in [4.78, 5) is 0. The predicted octanol–water partition coefficient (Wildman–Crippen LogP) is 2.44. The summed E-state index contributed by atoms with van der Waals surface area (Å²) in [6.07, 6.45) is -1.23. The number of nitrogens with one attached hydrogen (secondary N) is 2. The number of para-hydroxylation sites is 1. The van der Waals surface area contributed by atoms with Gasteiger partial charge in [-0.15, -0.1) is 0 Å². The van der Waals surface area contributed by atoms with E-state index in [2.05, 4.69) is 10.6 Å². The Labute approximate surface area is 94.0 Å². The molecule has 0 spiro atoms. The van der Waals surface area contributed by atoms with Gasteiger partial charge in [0.15, 0.2) is 0 Å². The number of hydrogen-bond donors (Lipinski definition) is 2. The lowest BCUT2D eigenvalue weighted by molar-refractivity contribution is 0.163. The van der Waals surface area contributed by atoms with Crippen LogP contribution in [0.1, 0.15) is 17.9 Å². The van der Waals surface area contributed by atoms with Gasteiger partial charge in [0.25, 0.3) is 6.43 Å². The largest absolute Gasteiger partial charge is 0.379 e. The molecule has 1 aromatic rings. The molecule has 1 saturated heterocycles. The van der Waals surface area contributed by atoms with E-state index in [0.717, 1.165) is 30.8 Å². The third-order valence-electron chi connectivity index (χ3n) is 2.91. The molecule has 0 saturated carbocycles. The van der Waals surface area contributed by atoms with E-state index in [1.165, 1.54) is 0 Å². The third kappa shape index (κ3) is 2.70. The fourth-order valence-electron chi connectivity index (χ4n) is 2.12. The number of benzene rings is 1. The second kappa shape index (κ2) is 5.25. The summed E-state index contributed by atoms with van der Waals surface area (Å²) in [5.74, 6) is 0.446. The highest BCUT2D eigenvalue weighted by Gasteiger charge is 2.19. The first-order valence-corrected chi connectivity index (χ1v) is 5.59. The maximum atomic E-state index is 12.2. The van der Waals surface area contributed by atoms with Crippen molar-refractivity contribution in [2.75, 3.05) is 25.0 Å². The van der Waals surface area contributed by atoms with E-state index in [0.29, 0.717) is 5.92 Å². The zero-order valence-electron chi connectivity index (χ0n) is 9.05. The summed E-state index contributed by atoms with van der Waals surface area (Å²) in [5, 5.41) is 6.10. The topological polar surface area (TPSA) is 24.1 Å². The Morgan fingerprint density at radius 1 is 1.38 bits per heavy atom. The van der Waals surface area contributed by atoms with Gasteiger partial charge in [0.05, 0.1) is 6.54 Å². The Balaban J connectivity index is 2.10. The summed E-state index contributed by atoms with van der Waals surface area (Å²) in [5.41, 5.74) is 1.99. The van der Waals surface area contributed by atoms with E-state index in [4.69, 9.17) is 0 Å². The van der Waals surface area contributed by atoms with Crippen LogP contribution in [-0.2, 0) is 0 Å². The average Bonchev–Trinajstić information content (AvgIpc) is 2.80. The highest BCUT2D eigenvalue weighted by Crippen LogP contribution is 2.28. The molecule has 1 unspecified atom stereocenters. The van der Waals surface area contributed by atoms with Crippen LogP contribution < -0.4 is 10.6 Å². The van der Waals surface area contributed by atoms with Crippen molar-refractivity contribution in [3.63, 3.8) is 0 Å². The van der Waals surface area contributed by atoms with Crippen LogP contribution in [0.25, 0.3) is 0 Å². The fraction of sp³-hybridized carbons (Fsp3) is 0.500. The van der Waals surface area contributed by atoms with Crippen molar-refractivity contribution in [3.05, 3.63) is 29.8 Å². The van der Waals surface area contributed by atoms with Crippen LogP contribution in [0.4, 0.5) is 14.5 Å². The number of anilines is 1. The van der Waals surface area contributed by atoms with E-state index in [9.17, 15) is 8.78 Å². The molecule has 2 N–H and O–H groups in total. The van der Waals surface area contributed by atoms with E-state index in [1.54, 1.807) is 0 Å². The Hall–Kier alpha value is -1.16. The third-order valence-corrected chi connectivity index (χ3v) is 2.91.